The highest BCUT2D eigenvalue weighted by atomic mass is 16.5. The SMILES string of the molecule is COc1ccc(C=CC(=O)c2nnc3c(-c4ccccc4)c(C)nn3c2C)cc1. The molecule has 0 saturated heterocycles. The lowest BCUT2D eigenvalue weighted by Gasteiger charge is -2.04. The number of ether oxygens (including phenoxy) is 1. The Kier molecular flexibility index (Phi) is 4.91. The molecule has 144 valence electrons. The summed E-state index contributed by atoms with van der Waals surface area (Å²) >= 11 is 0. The molecule has 0 aliphatic carbocycles. The Bertz CT molecular complexity index is 1210. The molecule has 0 bridgehead atoms. The Morgan fingerprint density at radius 3 is 2.41 bits per heavy atom. The molecule has 0 N–H and O–H groups in total. The number of hydrogen-bond donors (Lipinski definition) is 0. The summed E-state index contributed by atoms with van der Waals surface area (Å²) in [6, 6.07) is 17.4. The first kappa shape index (κ1) is 18.6. The zero-order chi connectivity index (χ0) is 20.4. The molecule has 6 nitrogen and oxygen atoms in total. The highest BCUT2D eigenvalue weighted by molar-refractivity contribution is 6.06. The van der Waals surface area contributed by atoms with Gasteiger partial charge in [-0.3, -0.25) is 4.79 Å². The number of allylic oxidation sites excluding steroid dienone is 1. The summed E-state index contributed by atoms with van der Waals surface area (Å²) in [5.74, 6) is 0.547. The van der Waals surface area contributed by atoms with Crippen molar-refractivity contribution in [2.24, 2.45) is 0 Å². The summed E-state index contributed by atoms with van der Waals surface area (Å²) in [5, 5.41) is 13.1. The largest absolute Gasteiger partial charge is 0.497 e. The standard InChI is InChI=1S/C23H20N4O2/c1-15-21(18-7-5-4-6-8-18)23-25-24-22(16(2)27(23)26-15)20(28)14-11-17-9-12-19(29-3)13-10-17/h4-14H,1-3H3. The topological polar surface area (TPSA) is 69.4 Å². The Balaban J connectivity index is 1.68. The predicted octanol–water partition coefficient (Wildman–Crippen LogP) is 4.31. The van der Waals surface area contributed by atoms with E-state index in [4.69, 9.17) is 4.74 Å². The van der Waals surface area contributed by atoms with Gasteiger partial charge in [-0.15, -0.1) is 10.2 Å². The summed E-state index contributed by atoms with van der Waals surface area (Å²) in [4.78, 5) is 12.7. The lowest BCUT2D eigenvalue weighted by atomic mass is 10.1. The van der Waals surface area contributed by atoms with Crippen molar-refractivity contribution < 1.29 is 9.53 Å². The van der Waals surface area contributed by atoms with Gasteiger partial charge in [0.1, 0.15) is 5.75 Å². The molecular weight excluding hydrogens is 364 g/mol. The van der Waals surface area contributed by atoms with E-state index in [0.717, 1.165) is 28.1 Å². The van der Waals surface area contributed by atoms with Crippen LogP contribution in [-0.2, 0) is 0 Å². The number of benzene rings is 2. The van der Waals surface area contributed by atoms with Gasteiger partial charge in [-0.25, -0.2) is 4.52 Å². The van der Waals surface area contributed by atoms with Crippen molar-refractivity contribution in [3.8, 4) is 16.9 Å². The van der Waals surface area contributed by atoms with Crippen molar-refractivity contribution in [2.75, 3.05) is 7.11 Å². The zero-order valence-corrected chi connectivity index (χ0v) is 16.5. The van der Waals surface area contributed by atoms with Crippen LogP contribution in [0, 0.1) is 13.8 Å². The lowest BCUT2D eigenvalue weighted by molar-refractivity contribution is 0.104. The van der Waals surface area contributed by atoms with Gasteiger partial charge in [0, 0.05) is 0 Å². The Morgan fingerprint density at radius 1 is 1.00 bits per heavy atom. The fraction of sp³-hybridized carbons (Fsp3) is 0.130. The molecule has 4 rings (SSSR count). The van der Waals surface area contributed by atoms with Gasteiger partial charge < -0.3 is 4.74 Å². The molecule has 0 amide bonds. The minimum atomic E-state index is -0.220. The Morgan fingerprint density at radius 2 is 1.72 bits per heavy atom. The minimum absolute atomic E-state index is 0.220. The number of rotatable bonds is 5. The second kappa shape index (κ2) is 7.67. The van der Waals surface area contributed by atoms with Crippen molar-refractivity contribution in [1.29, 1.82) is 0 Å². The molecule has 6 heteroatoms. The number of aryl methyl sites for hydroxylation is 2. The number of nitrogens with zero attached hydrogens (tertiary/aromatic N) is 4. The van der Waals surface area contributed by atoms with E-state index in [1.165, 1.54) is 6.08 Å². The van der Waals surface area contributed by atoms with Crippen LogP contribution in [0.2, 0.25) is 0 Å². The summed E-state index contributed by atoms with van der Waals surface area (Å²) in [6.07, 6.45) is 3.25. The highest BCUT2D eigenvalue weighted by Gasteiger charge is 2.19. The van der Waals surface area contributed by atoms with Crippen LogP contribution < -0.4 is 4.74 Å². The van der Waals surface area contributed by atoms with E-state index in [0.29, 0.717) is 11.3 Å². The quantitative estimate of drug-likeness (QED) is 0.379. The average Bonchev–Trinajstić information content (AvgIpc) is 3.10. The minimum Gasteiger partial charge on any atom is -0.497 e. The second-order valence-electron chi connectivity index (χ2n) is 6.67. The number of carbonyl (C=O) groups excluding carboxylic acids is 1. The van der Waals surface area contributed by atoms with E-state index in [1.807, 2.05) is 68.4 Å². The molecule has 4 aromatic rings. The van der Waals surface area contributed by atoms with Crippen LogP contribution >= 0.6 is 0 Å². The molecule has 0 atom stereocenters. The van der Waals surface area contributed by atoms with Gasteiger partial charge in [-0.1, -0.05) is 48.5 Å². The third-order valence-corrected chi connectivity index (χ3v) is 4.78. The van der Waals surface area contributed by atoms with Crippen molar-refractivity contribution in [2.45, 2.75) is 13.8 Å². The molecule has 0 radical (unpaired) electrons. The van der Waals surface area contributed by atoms with E-state index < -0.39 is 0 Å². The molecule has 0 aliphatic heterocycles. The summed E-state index contributed by atoms with van der Waals surface area (Å²) in [5.41, 5.74) is 5.26. The van der Waals surface area contributed by atoms with Crippen LogP contribution in [0.25, 0.3) is 22.9 Å². The Labute approximate surface area is 168 Å². The van der Waals surface area contributed by atoms with Gasteiger partial charge in [0.05, 0.1) is 24.1 Å². The maximum atomic E-state index is 12.7. The molecule has 0 spiro atoms. The molecule has 0 fully saturated rings. The van der Waals surface area contributed by atoms with Gasteiger partial charge in [-0.2, -0.15) is 5.10 Å². The molecule has 2 heterocycles. The van der Waals surface area contributed by atoms with Gasteiger partial charge in [-0.05, 0) is 43.2 Å². The van der Waals surface area contributed by atoms with Crippen molar-refractivity contribution in [3.63, 3.8) is 0 Å². The number of carbonyl (C=O) groups is 1. The fourth-order valence-corrected chi connectivity index (χ4v) is 3.25. The average molecular weight is 384 g/mol. The normalized spacial score (nSPS) is 11.3. The summed E-state index contributed by atoms with van der Waals surface area (Å²) in [7, 11) is 1.62. The maximum Gasteiger partial charge on any atom is 0.207 e. The van der Waals surface area contributed by atoms with E-state index in [-0.39, 0.29) is 11.5 Å². The summed E-state index contributed by atoms with van der Waals surface area (Å²) in [6.45, 7) is 3.76. The van der Waals surface area contributed by atoms with E-state index >= 15 is 0 Å². The molecule has 29 heavy (non-hydrogen) atoms. The van der Waals surface area contributed by atoms with E-state index in [2.05, 4.69) is 15.3 Å². The van der Waals surface area contributed by atoms with E-state index in [9.17, 15) is 4.79 Å². The van der Waals surface area contributed by atoms with Crippen LogP contribution in [0.4, 0.5) is 0 Å². The second-order valence-corrected chi connectivity index (χ2v) is 6.67. The third kappa shape index (κ3) is 3.52. The molecule has 0 saturated carbocycles. The molecule has 2 aromatic carbocycles. The first-order chi connectivity index (χ1) is 14.1. The van der Waals surface area contributed by atoms with Crippen molar-refractivity contribution in [1.82, 2.24) is 19.8 Å². The van der Waals surface area contributed by atoms with Crippen LogP contribution in [0.3, 0.4) is 0 Å². The molecular formula is C23H20N4O2. The fourth-order valence-electron chi connectivity index (χ4n) is 3.25. The van der Waals surface area contributed by atoms with Gasteiger partial charge in [0.2, 0.25) is 5.78 Å². The summed E-state index contributed by atoms with van der Waals surface area (Å²) < 4.78 is 6.84. The highest BCUT2D eigenvalue weighted by Crippen LogP contribution is 2.27. The third-order valence-electron chi connectivity index (χ3n) is 4.78. The zero-order valence-electron chi connectivity index (χ0n) is 16.5. The number of methoxy groups -OCH3 is 1. The van der Waals surface area contributed by atoms with E-state index in [1.54, 1.807) is 17.7 Å². The first-order valence-corrected chi connectivity index (χ1v) is 9.23. The monoisotopic (exact) mass is 384 g/mol. The first-order valence-electron chi connectivity index (χ1n) is 9.23. The van der Waals surface area contributed by atoms with Gasteiger partial charge >= 0.3 is 0 Å². The molecule has 2 aromatic heterocycles. The van der Waals surface area contributed by atoms with Crippen LogP contribution in [-0.4, -0.2) is 32.7 Å². The number of hydrogen-bond acceptors (Lipinski definition) is 5. The molecule has 0 aliphatic rings. The van der Waals surface area contributed by atoms with Gasteiger partial charge in [0.15, 0.2) is 11.3 Å². The molecule has 0 unspecified atom stereocenters. The van der Waals surface area contributed by atoms with Gasteiger partial charge in [0.25, 0.3) is 0 Å². The van der Waals surface area contributed by atoms with Crippen molar-refractivity contribution >= 4 is 17.5 Å². The Hall–Kier alpha value is -3.80. The van der Waals surface area contributed by atoms with Crippen LogP contribution in [0.5, 0.6) is 5.75 Å². The maximum absolute atomic E-state index is 12.7. The number of ketones is 1. The van der Waals surface area contributed by atoms with Crippen molar-refractivity contribution in [3.05, 3.63) is 83.3 Å². The number of fused-ring (bicyclic) bond motifs is 1. The lowest BCUT2D eigenvalue weighted by Crippen LogP contribution is -2.10. The van der Waals surface area contributed by atoms with Crippen LogP contribution in [0.1, 0.15) is 27.4 Å². The van der Waals surface area contributed by atoms with Crippen LogP contribution in [0.15, 0.2) is 60.7 Å². The predicted molar refractivity (Wildman–Crippen MR) is 112 cm³/mol. The number of aromatic nitrogens is 4. The smallest absolute Gasteiger partial charge is 0.207 e.